The summed E-state index contributed by atoms with van der Waals surface area (Å²) in [4.78, 5) is 7.66. The van der Waals surface area contributed by atoms with Crippen LogP contribution in [0.5, 0.6) is 11.5 Å². The van der Waals surface area contributed by atoms with E-state index in [0.717, 1.165) is 48.3 Å². The summed E-state index contributed by atoms with van der Waals surface area (Å²) in [5.74, 6) is 1.83. The third kappa shape index (κ3) is 4.21. The van der Waals surface area contributed by atoms with Crippen LogP contribution < -0.4 is 9.47 Å². The first-order chi connectivity index (χ1) is 14.5. The molecule has 158 valence electrons. The summed E-state index contributed by atoms with van der Waals surface area (Å²) in [6.07, 6.45) is 4.15. The lowest BCUT2D eigenvalue weighted by atomic mass is 10.0. The van der Waals surface area contributed by atoms with E-state index >= 15 is 0 Å². The Hall–Kier alpha value is -2.80. The summed E-state index contributed by atoms with van der Waals surface area (Å²) in [5.41, 5.74) is 2.94. The number of H-pyrrole nitrogens is 1. The molecule has 7 heteroatoms. The SMILES string of the molecule is COc1ccc(-c2nc(S(=O)(=O)CC3CCCC3)[nH]c2-c2ccc(OC)cc2)cc1. The van der Waals surface area contributed by atoms with E-state index in [1.165, 1.54) is 0 Å². The molecule has 0 radical (unpaired) electrons. The number of imidazole rings is 1. The Bertz CT molecular complexity index is 1030. The fraction of sp³-hybridized carbons (Fsp3) is 0.348. The zero-order valence-electron chi connectivity index (χ0n) is 17.2. The molecule has 1 heterocycles. The lowest BCUT2D eigenvalue weighted by molar-refractivity contribution is 0.414. The van der Waals surface area contributed by atoms with Crippen LogP contribution in [-0.2, 0) is 9.84 Å². The number of aromatic amines is 1. The highest BCUT2D eigenvalue weighted by molar-refractivity contribution is 7.91. The van der Waals surface area contributed by atoms with Crippen LogP contribution in [0, 0.1) is 5.92 Å². The van der Waals surface area contributed by atoms with Crippen molar-refractivity contribution in [2.75, 3.05) is 20.0 Å². The Kier molecular flexibility index (Phi) is 5.81. The number of methoxy groups -OCH3 is 2. The quantitative estimate of drug-likeness (QED) is 0.591. The van der Waals surface area contributed by atoms with Gasteiger partial charge in [-0.1, -0.05) is 12.8 Å². The number of rotatable bonds is 7. The van der Waals surface area contributed by atoms with Crippen LogP contribution in [0.15, 0.2) is 53.7 Å². The van der Waals surface area contributed by atoms with Crippen LogP contribution in [-0.4, -0.2) is 38.4 Å². The largest absolute Gasteiger partial charge is 0.497 e. The molecule has 0 unspecified atom stereocenters. The number of aromatic nitrogens is 2. The van der Waals surface area contributed by atoms with Crippen LogP contribution >= 0.6 is 0 Å². The zero-order valence-corrected chi connectivity index (χ0v) is 18.0. The summed E-state index contributed by atoms with van der Waals surface area (Å²) in [7, 11) is -0.279. The number of benzene rings is 2. The van der Waals surface area contributed by atoms with E-state index in [1.807, 2.05) is 48.5 Å². The average Bonchev–Trinajstić information content (AvgIpc) is 3.44. The first kappa shape index (κ1) is 20.5. The maximum atomic E-state index is 13.1. The minimum Gasteiger partial charge on any atom is -0.497 e. The molecule has 30 heavy (non-hydrogen) atoms. The second-order valence-corrected chi connectivity index (χ2v) is 9.60. The highest BCUT2D eigenvalue weighted by Crippen LogP contribution is 2.34. The number of nitrogens with one attached hydrogen (secondary N) is 1. The molecule has 0 aliphatic heterocycles. The summed E-state index contributed by atoms with van der Waals surface area (Å²) in [6, 6.07) is 14.9. The minimum absolute atomic E-state index is 0.0334. The summed E-state index contributed by atoms with van der Waals surface area (Å²) < 4.78 is 36.7. The predicted molar refractivity (Wildman–Crippen MR) is 117 cm³/mol. The van der Waals surface area contributed by atoms with E-state index in [4.69, 9.17) is 9.47 Å². The van der Waals surface area contributed by atoms with Crippen LogP contribution in [0.4, 0.5) is 0 Å². The molecular weight excluding hydrogens is 400 g/mol. The minimum atomic E-state index is -3.50. The highest BCUT2D eigenvalue weighted by Gasteiger charge is 2.28. The third-order valence-electron chi connectivity index (χ3n) is 5.65. The van der Waals surface area contributed by atoms with Crippen LogP contribution in [0.1, 0.15) is 25.7 Å². The van der Waals surface area contributed by atoms with E-state index in [1.54, 1.807) is 14.2 Å². The van der Waals surface area contributed by atoms with Gasteiger partial charge in [-0.05, 0) is 67.3 Å². The topological polar surface area (TPSA) is 81.3 Å². The molecule has 0 amide bonds. The van der Waals surface area contributed by atoms with Gasteiger partial charge in [-0.3, -0.25) is 0 Å². The van der Waals surface area contributed by atoms with Crippen molar-refractivity contribution >= 4 is 9.84 Å². The maximum Gasteiger partial charge on any atom is 0.226 e. The van der Waals surface area contributed by atoms with Crippen molar-refractivity contribution in [3.8, 4) is 34.0 Å². The van der Waals surface area contributed by atoms with Crippen molar-refractivity contribution < 1.29 is 17.9 Å². The fourth-order valence-corrected chi connectivity index (χ4v) is 5.59. The normalized spacial score (nSPS) is 14.7. The van der Waals surface area contributed by atoms with Crippen LogP contribution in [0.3, 0.4) is 0 Å². The van der Waals surface area contributed by atoms with Crippen molar-refractivity contribution in [2.24, 2.45) is 5.92 Å². The maximum absolute atomic E-state index is 13.1. The first-order valence-corrected chi connectivity index (χ1v) is 11.8. The van der Waals surface area contributed by atoms with Gasteiger partial charge in [0.2, 0.25) is 15.0 Å². The molecule has 1 aromatic heterocycles. The number of hydrogen-bond donors (Lipinski definition) is 1. The van der Waals surface area contributed by atoms with Gasteiger partial charge in [0.25, 0.3) is 0 Å². The number of hydrogen-bond acceptors (Lipinski definition) is 5. The average molecular weight is 427 g/mol. The first-order valence-electron chi connectivity index (χ1n) is 10.1. The number of sulfone groups is 1. The molecule has 1 N–H and O–H groups in total. The molecule has 1 aliphatic carbocycles. The Morgan fingerprint density at radius 2 is 1.43 bits per heavy atom. The van der Waals surface area contributed by atoms with Gasteiger partial charge in [-0.15, -0.1) is 0 Å². The van der Waals surface area contributed by atoms with E-state index < -0.39 is 9.84 Å². The van der Waals surface area contributed by atoms with Crippen molar-refractivity contribution in [2.45, 2.75) is 30.8 Å². The Labute approximate surface area is 177 Å². The number of ether oxygens (including phenoxy) is 2. The standard InChI is InChI=1S/C23H26N2O4S/c1-28-19-11-7-17(8-12-19)21-22(18-9-13-20(29-2)14-10-18)25-23(24-21)30(26,27)15-16-5-3-4-6-16/h7-14,16H,3-6,15H2,1-2H3,(H,24,25). The molecule has 6 nitrogen and oxygen atoms in total. The Morgan fingerprint density at radius 3 is 1.97 bits per heavy atom. The zero-order chi connectivity index (χ0) is 21.1. The molecular formula is C23H26N2O4S. The lowest BCUT2D eigenvalue weighted by Crippen LogP contribution is -2.15. The summed E-state index contributed by atoms with van der Waals surface area (Å²) >= 11 is 0. The molecule has 4 rings (SSSR count). The Balaban J connectivity index is 1.77. The lowest BCUT2D eigenvalue weighted by Gasteiger charge is -2.07. The van der Waals surface area contributed by atoms with E-state index in [0.29, 0.717) is 11.4 Å². The molecule has 3 aromatic rings. The second-order valence-electron chi connectivity index (χ2n) is 7.65. The molecule has 0 saturated heterocycles. The summed E-state index contributed by atoms with van der Waals surface area (Å²) in [5, 5.41) is 0.0334. The van der Waals surface area contributed by atoms with E-state index in [-0.39, 0.29) is 16.8 Å². The van der Waals surface area contributed by atoms with E-state index in [2.05, 4.69) is 9.97 Å². The van der Waals surface area contributed by atoms with Gasteiger partial charge in [-0.2, -0.15) is 0 Å². The molecule has 1 fully saturated rings. The van der Waals surface area contributed by atoms with E-state index in [9.17, 15) is 8.42 Å². The van der Waals surface area contributed by atoms with Crippen LogP contribution in [0.25, 0.3) is 22.5 Å². The molecule has 0 atom stereocenters. The monoisotopic (exact) mass is 426 g/mol. The van der Waals surface area contributed by atoms with Crippen molar-refractivity contribution in [3.05, 3.63) is 48.5 Å². The Morgan fingerprint density at radius 1 is 0.900 bits per heavy atom. The van der Waals surface area contributed by atoms with Crippen molar-refractivity contribution in [1.82, 2.24) is 9.97 Å². The van der Waals surface area contributed by atoms with Gasteiger partial charge in [0.1, 0.15) is 11.5 Å². The number of nitrogens with zero attached hydrogens (tertiary/aromatic N) is 1. The third-order valence-corrected chi connectivity index (χ3v) is 7.34. The van der Waals surface area contributed by atoms with Gasteiger partial charge < -0.3 is 14.5 Å². The molecule has 1 aliphatic rings. The fourth-order valence-electron chi connectivity index (χ4n) is 3.99. The predicted octanol–water partition coefficient (Wildman–Crippen LogP) is 4.72. The van der Waals surface area contributed by atoms with Crippen LogP contribution in [0.2, 0.25) is 0 Å². The molecule has 0 spiro atoms. The molecule has 1 saturated carbocycles. The molecule has 2 aromatic carbocycles. The second kappa shape index (κ2) is 8.52. The van der Waals surface area contributed by atoms with Gasteiger partial charge in [-0.25, -0.2) is 13.4 Å². The van der Waals surface area contributed by atoms with Gasteiger partial charge in [0, 0.05) is 11.1 Å². The smallest absolute Gasteiger partial charge is 0.226 e. The van der Waals surface area contributed by atoms with Crippen molar-refractivity contribution in [3.63, 3.8) is 0 Å². The van der Waals surface area contributed by atoms with Gasteiger partial charge in [0.15, 0.2) is 0 Å². The van der Waals surface area contributed by atoms with Gasteiger partial charge in [0.05, 0.1) is 31.4 Å². The summed E-state index contributed by atoms with van der Waals surface area (Å²) in [6.45, 7) is 0. The molecule has 0 bridgehead atoms. The highest BCUT2D eigenvalue weighted by atomic mass is 32.2. The van der Waals surface area contributed by atoms with Gasteiger partial charge >= 0.3 is 0 Å². The van der Waals surface area contributed by atoms with Crippen molar-refractivity contribution in [1.29, 1.82) is 0 Å².